The number of nitrogens with zero attached hydrogens (tertiary/aromatic N) is 1. The van der Waals surface area contributed by atoms with Gasteiger partial charge in [0, 0.05) is 9.79 Å². The SMILES string of the molecule is Cl.NC(=O)N1c2ccccc2Sc2cccc(O)c21. The molecule has 0 bridgehead atoms. The zero-order valence-corrected chi connectivity index (χ0v) is 11.4. The van der Waals surface area contributed by atoms with Crippen LogP contribution < -0.4 is 10.6 Å². The number of phenols is 1. The average Bonchev–Trinajstić information content (AvgIpc) is 2.36. The third kappa shape index (κ3) is 2.11. The van der Waals surface area contributed by atoms with E-state index in [4.69, 9.17) is 5.73 Å². The Morgan fingerprint density at radius 1 is 1.11 bits per heavy atom. The number of phenolic OH excluding ortho intramolecular Hbond substituents is 1. The number of hydrogen-bond donors (Lipinski definition) is 2. The Balaban J connectivity index is 0.00000133. The maximum absolute atomic E-state index is 11.7. The number of rotatable bonds is 0. The van der Waals surface area contributed by atoms with Gasteiger partial charge >= 0.3 is 6.03 Å². The van der Waals surface area contributed by atoms with Gasteiger partial charge in [0.05, 0.1) is 5.69 Å². The lowest BCUT2D eigenvalue weighted by molar-refractivity contribution is 0.255. The number of carbonyl (C=O) groups excluding carboxylic acids is 1. The van der Waals surface area contributed by atoms with E-state index < -0.39 is 6.03 Å². The number of anilines is 2. The van der Waals surface area contributed by atoms with Crippen LogP contribution in [0.1, 0.15) is 0 Å². The third-order valence-corrected chi connectivity index (χ3v) is 3.86. The lowest BCUT2D eigenvalue weighted by Crippen LogP contribution is -2.33. The molecule has 1 aliphatic heterocycles. The second-order valence-electron chi connectivity index (χ2n) is 3.87. The fourth-order valence-corrected chi connectivity index (χ4v) is 3.10. The van der Waals surface area contributed by atoms with Gasteiger partial charge in [-0.3, -0.25) is 4.90 Å². The second-order valence-corrected chi connectivity index (χ2v) is 4.95. The van der Waals surface area contributed by atoms with Crippen LogP contribution in [0.15, 0.2) is 52.3 Å². The molecule has 0 saturated carbocycles. The summed E-state index contributed by atoms with van der Waals surface area (Å²) < 4.78 is 0. The van der Waals surface area contributed by atoms with E-state index in [9.17, 15) is 9.90 Å². The summed E-state index contributed by atoms with van der Waals surface area (Å²) in [6, 6.07) is 12.0. The molecule has 4 nitrogen and oxygen atoms in total. The molecule has 0 unspecified atom stereocenters. The fraction of sp³-hybridized carbons (Fsp3) is 0. The minimum atomic E-state index is -0.606. The van der Waals surface area contributed by atoms with Crippen LogP contribution in [0, 0.1) is 0 Å². The molecule has 2 aromatic carbocycles. The summed E-state index contributed by atoms with van der Waals surface area (Å²) in [5.74, 6) is 0.0494. The predicted molar refractivity (Wildman–Crippen MR) is 77.6 cm³/mol. The molecule has 6 heteroatoms. The van der Waals surface area contributed by atoms with Crippen LogP contribution in [0.25, 0.3) is 0 Å². The molecule has 0 radical (unpaired) electrons. The van der Waals surface area contributed by atoms with E-state index in [1.54, 1.807) is 12.1 Å². The van der Waals surface area contributed by atoms with E-state index >= 15 is 0 Å². The van der Waals surface area contributed by atoms with Crippen LogP contribution in [-0.4, -0.2) is 11.1 Å². The second kappa shape index (κ2) is 5.03. The van der Waals surface area contributed by atoms with Crippen LogP contribution in [-0.2, 0) is 0 Å². The molecule has 0 atom stereocenters. The smallest absolute Gasteiger partial charge is 0.324 e. The Bertz CT molecular complexity index is 648. The minimum Gasteiger partial charge on any atom is -0.506 e. The van der Waals surface area contributed by atoms with Crippen molar-refractivity contribution in [2.75, 3.05) is 4.90 Å². The van der Waals surface area contributed by atoms with Gasteiger partial charge in [0.25, 0.3) is 0 Å². The highest BCUT2D eigenvalue weighted by atomic mass is 35.5. The monoisotopic (exact) mass is 294 g/mol. The highest BCUT2D eigenvalue weighted by molar-refractivity contribution is 7.99. The third-order valence-electron chi connectivity index (χ3n) is 2.75. The Morgan fingerprint density at radius 3 is 2.53 bits per heavy atom. The Labute approximate surface area is 120 Å². The van der Waals surface area contributed by atoms with Gasteiger partial charge in [0.15, 0.2) is 0 Å². The lowest BCUT2D eigenvalue weighted by atomic mass is 10.2. The van der Waals surface area contributed by atoms with Crippen molar-refractivity contribution >= 4 is 41.6 Å². The molecule has 0 aromatic heterocycles. The fourth-order valence-electron chi connectivity index (χ4n) is 2.01. The summed E-state index contributed by atoms with van der Waals surface area (Å²) in [7, 11) is 0. The molecule has 0 aliphatic carbocycles. The number of benzene rings is 2. The van der Waals surface area contributed by atoms with Gasteiger partial charge in [-0.1, -0.05) is 30.0 Å². The summed E-state index contributed by atoms with van der Waals surface area (Å²) in [6.07, 6.45) is 0. The van der Waals surface area contributed by atoms with Gasteiger partial charge in [-0.15, -0.1) is 12.4 Å². The standard InChI is InChI=1S/C13H10N2O2S.ClH/c14-13(17)15-8-4-1-2-6-10(8)18-11-7-3-5-9(16)12(11)15;/h1-7,16H,(H2,14,17);1H. The largest absolute Gasteiger partial charge is 0.506 e. The number of primary amides is 1. The van der Waals surface area contributed by atoms with Crippen molar-refractivity contribution in [1.29, 1.82) is 0 Å². The number of carbonyl (C=O) groups is 1. The number of fused-ring (bicyclic) bond motifs is 2. The van der Waals surface area contributed by atoms with Crippen molar-refractivity contribution in [2.24, 2.45) is 5.73 Å². The van der Waals surface area contributed by atoms with Crippen LogP contribution in [0.4, 0.5) is 16.2 Å². The molecular formula is C13H11ClN2O2S. The van der Waals surface area contributed by atoms with Crippen molar-refractivity contribution in [3.8, 4) is 5.75 Å². The normalized spacial score (nSPS) is 12.1. The van der Waals surface area contributed by atoms with Gasteiger partial charge in [0.2, 0.25) is 0 Å². The van der Waals surface area contributed by atoms with Crippen molar-refractivity contribution in [3.63, 3.8) is 0 Å². The molecular weight excluding hydrogens is 284 g/mol. The topological polar surface area (TPSA) is 66.6 Å². The maximum atomic E-state index is 11.7. The molecule has 3 N–H and O–H groups in total. The molecule has 2 amide bonds. The van der Waals surface area contributed by atoms with Crippen LogP contribution in [0.2, 0.25) is 0 Å². The van der Waals surface area contributed by atoms with Crippen LogP contribution in [0.3, 0.4) is 0 Å². The molecule has 2 aromatic rings. The summed E-state index contributed by atoms with van der Waals surface area (Å²) in [5, 5.41) is 9.94. The van der Waals surface area contributed by atoms with E-state index in [0.717, 1.165) is 9.79 Å². The molecule has 98 valence electrons. The number of amides is 2. The molecule has 19 heavy (non-hydrogen) atoms. The van der Waals surface area contributed by atoms with Crippen molar-refractivity contribution < 1.29 is 9.90 Å². The quantitative estimate of drug-likeness (QED) is 0.781. The number of aromatic hydroxyl groups is 1. The van der Waals surface area contributed by atoms with Gasteiger partial charge in [0.1, 0.15) is 11.4 Å². The van der Waals surface area contributed by atoms with E-state index in [2.05, 4.69) is 0 Å². The minimum absolute atomic E-state index is 0. The van der Waals surface area contributed by atoms with Gasteiger partial charge < -0.3 is 10.8 Å². The van der Waals surface area contributed by atoms with Crippen molar-refractivity contribution in [3.05, 3.63) is 42.5 Å². The number of nitrogens with two attached hydrogens (primary N) is 1. The first-order chi connectivity index (χ1) is 8.68. The summed E-state index contributed by atoms with van der Waals surface area (Å²) >= 11 is 1.51. The first-order valence-electron chi connectivity index (χ1n) is 5.37. The van der Waals surface area contributed by atoms with E-state index in [1.807, 2.05) is 30.3 Å². The molecule has 0 spiro atoms. The number of urea groups is 1. The molecule has 0 saturated heterocycles. The molecule has 0 fully saturated rings. The van der Waals surface area contributed by atoms with Gasteiger partial charge in [-0.2, -0.15) is 0 Å². The van der Waals surface area contributed by atoms with Crippen LogP contribution >= 0.6 is 24.2 Å². The lowest BCUT2D eigenvalue weighted by Gasteiger charge is -2.29. The molecule has 1 heterocycles. The van der Waals surface area contributed by atoms with E-state index in [0.29, 0.717) is 11.4 Å². The summed E-state index contributed by atoms with van der Waals surface area (Å²) in [6.45, 7) is 0. The molecule has 1 aliphatic rings. The van der Waals surface area contributed by atoms with Gasteiger partial charge in [-0.05, 0) is 24.3 Å². The highest BCUT2D eigenvalue weighted by Gasteiger charge is 2.28. The first-order valence-corrected chi connectivity index (χ1v) is 6.18. The summed E-state index contributed by atoms with van der Waals surface area (Å²) in [5.41, 5.74) is 6.58. The number of hydrogen-bond acceptors (Lipinski definition) is 3. The average molecular weight is 295 g/mol. The van der Waals surface area contributed by atoms with Crippen LogP contribution in [0.5, 0.6) is 5.75 Å². The number of halogens is 1. The van der Waals surface area contributed by atoms with Crippen molar-refractivity contribution in [1.82, 2.24) is 0 Å². The first kappa shape index (κ1) is 13.6. The Kier molecular flexibility index (Phi) is 3.59. The van der Waals surface area contributed by atoms with Gasteiger partial charge in [-0.25, -0.2) is 4.79 Å². The maximum Gasteiger partial charge on any atom is 0.324 e. The number of para-hydroxylation sites is 2. The molecule has 3 rings (SSSR count). The highest BCUT2D eigenvalue weighted by Crippen LogP contribution is 2.51. The van der Waals surface area contributed by atoms with E-state index in [1.165, 1.54) is 16.7 Å². The van der Waals surface area contributed by atoms with Crippen molar-refractivity contribution in [2.45, 2.75) is 9.79 Å². The Morgan fingerprint density at radius 2 is 1.79 bits per heavy atom. The van der Waals surface area contributed by atoms with E-state index in [-0.39, 0.29) is 18.2 Å². The predicted octanol–water partition coefficient (Wildman–Crippen LogP) is 3.50. The Hall–Kier alpha value is -1.85. The zero-order chi connectivity index (χ0) is 12.7. The zero-order valence-electron chi connectivity index (χ0n) is 9.74. The summed E-state index contributed by atoms with van der Waals surface area (Å²) in [4.78, 5) is 14.8.